The number of likely N-dealkylation sites (tertiary alicyclic amines) is 1. The van der Waals surface area contributed by atoms with Crippen molar-refractivity contribution in [2.75, 3.05) is 25.0 Å². The van der Waals surface area contributed by atoms with Gasteiger partial charge < -0.3 is 15.3 Å². The standard InChI is InChI=1S/C17H26N3O/c21-17-3-1-16(2-4-17)20-11-7-14(8-12-20)13-19-15-5-9-18-10-6-15/h5-6,9-10,14,16,21H,1-4,7-8,11-13H2,(H,18,19). The van der Waals surface area contributed by atoms with E-state index >= 15 is 0 Å². The van der Waals surface area contributed by atoms with Gasteiger partial charge in [0.1, 0.15) is 0 Å². The summed E-state index contributed by atoms with van der Waals surface area (Å²) in [6.07, 6.45) is 11.1. The van der Waals surface area contributed by atoms with Crippen LogP contribution in [0.2, 0.25) is 0 Å². The summed E-state index contributed by atoms with van der Waals surface area (Å²) in [6, 6.07) is 4.76. The lowest BCUT2D eigenvalue weighted by atomic mass is 9.89. The maximum Gasteiger partial charge on any atom is 0.0934 e. The Balaban J connectivity index is 1.39. The quantitative estimate of drug-likeness (QED) is 0.894. The predicted octanol–water partition coefficient (Wildman–Crippen LogP) is 3.05. The highest BCUT2D eigenvalue weighted by atomic mass is 16.3. The minimum absolute atomic E-state index is 0.704. The highest BCUT2D eigenvalue weighted by Crippen LogP contribution is 2.30. The fourth-order valence-electron chi connectivity index (χ4n) is 3.56. The van der Waals surface area contributed by atoms with Crippen LogP contribution in [0.3, 0.4) is 0 Å². The lowest BCUT2D eigenvalue weighted by Gasteiger charge is -2.40. The second-order valence-electron chi connectivity index (χ2n) is 6.39. The first kappa shape index (κ1) is 14.8. The van der Waals surface area contributed by atoms with Crippen LogP contribution in [0.15, 0.2) is 24.5 Å². The number of aliphatic hydroxyl groups excluding tert-OH is 1. The van der Waals surface area contributed by atoms with E-state index in [0.717, 1.165) is 38.1 Å². The Morgan fingerprint density at radius 1 is 1.10 bits per heavy atom. The minimum Gasteiger partial charge on any atom is -0.387 e. The van der Waals surface area contributed by atoms with Crippen molar-refractivity contribution in [2.45, 2.75) is 44.6 Å². The number of nitrogens with one attached hydrogen (secondary N) is 1. The highest BCUT2D eigenvalue weighted by Gasteiger charge is 2.28. The minimum atomic E-state index is 0.704. The van der Waals surface area contributed by atoms with E-state index < -0.39 is 0 Å². The number of aromatic nitrogens is 1. The first-order valence-electron chi connectivity index (χ1n) is 8.23. The molecule has 1 saturated carbocycles. The SMILES string of the molecule is O[C]1CCC(N2CCC(CNc3ccncc3)CC2)CC1. The Morgan fingerprint density at radius 2 is 1.76 bits per heavy atom. The molecule has 3 rings (SSSR count). The molecule has 1 aromatic rings. The topological polar surface area (TPSA) is 48.4 Å². The van der Waals surface area contributed by atoms with E-state index in [2.05, 4.69) is 15.2 Å². The van der Waals surface area contributed by atoms with Gasteiger partial charge in [0.2, 0.25) is 0 Å². The highest BCUT2D eigenvalue weighted by molar-refractivity contribution is 5.40. The molecule has 0 atom stereocenters. The second kappa shape index (κ2) is 7.23. The molecule has 1 radical (unpaired) electrons. The summed E-state index contributed by atoms with van der Waals surface area (Å²) in [7, 11) is 0. The Morgan fingerprint density at radius 3 is 2.43 bits per heavy atom. The van der Waals surface area contributed by atoms with Crippen molar-refractivity contribution < 1.29 is 5.11 Å². The molecule has 4 heteroatoms. The lowest BCUT2D eigenvalue weighted by molar-refractivity contribution is 0.0939. The number of hydrogen-bond donors (Lipinski definition) is 2. The predicted molar refractivity (Wildman–Crippen MR) is 84.5 cm³/mol. The molecule has 0 aromatic carbocycles. The smallest absolute Gasteiger partial charge is 0.0934 e. The van der Waals surface area contributed by atoms with Crippen molar-refractivity contribution in [3.63, 3.8) is 0 Å². The molecule has 1 aromatic heterocycles. The van der Waals surface area contributed by atoms with Gasteiger partial charge in [0, 0.05) is 30.7 Å². The number of piperidine rings is 1. The van der Waals surface area contributed by atoms with Gasteiger partial charge in [-0.1, -0.05) is 0 Å². The third-order valence-corrected chi connectivity index (χ3v) is 4.97. The maximum atomic E-state index is 9.53. The molecule has 2 aliphatic rings. The van der Waals surface area contributed by atoms with E-state index in [1.807, 2.05) is 24.5 Å². The maximum absolute atomic E-state index is 9.53. The van der Waals surface area contributed by atoms with E-state index in [1.54, 1.807) is 0 Å². The van der Waals surface area contributed by atoms with Crippen LogP contribution in [-0.4, -0.2) is 40.7 Å². The van der Waals surface area contributed by atoms with E-state index in [1.165, 1.54) is 31.6 Å². The van der Waals surface area contributed by atoms with Crippen LogP contribution in [0.5, 0.6) is 0 Å². The van der Waals surface area contributed by atoms with Crippen molar-refractivity contribution >= 4 is 5.69 Å². The summed E-state index contributed by atoms with van der Waals surface area (Å²) in [5.74, 6) is 0.776. The van der Waals surface area contributed by atoms with Crippen LogP contribution >= 0.6 is 0 Å². The average molecular weight is 288 g/mol. The van der Waals surface area contributed by atoms with E-state index in [4.69, 9.17) is 0 Å². The van der Waals surface area contributed by atoms with Gasteiger partial charge in [-0.05, 0) is 69.7 Å². The molecule has 2 fully saturated rings. The van der Waals surface area contributed by atoms with Crippen molar-refractivity contribution in [3.8, 4) is 0 Å². The van der Waals surface area contributed by atoms with Gasteiger partial charge in [0.05, 0.1) is 6.10 Å². The second-order valence-corrected chi connectivity index (χ2v) is 6.39. The molecule has 21 heavy (non-hydrogen) atoms. The summed E-state index contributed by atoms with van der Waals surface area (Å²) >= 11 is 0. The summed E-state index contributed by atoms with van der Waals surface area (Å²) in [4.78, 5) is 6.69. The number of anilines is 1. The largest absolute Gasteiger partial charge is 0.387 e. The zero-order valence-corrected chi connectivity index (χ0v) is 12.7. The molecule has 0 spiro atoms. The molecule has 2 heterocycles. The molecular formula is C17H26N3O. The van der Waals surface area contributed by atoms with Crippen LogP contribution in [0.1, 0.15) is 38.5 Å². The number of nitrogens with zero attached hydrogens (tertiary/aromatic N) is 2. The third-order valence-electron chi connectivity index (χ3n) is 4.97. The van der Waals surface area contributed by atoms with Gasteiger partial charge in [-0.2, -0.15) is 0 Å². The van der Waals surface area contributed by atoms with Crippen molar-refractivity contribution in [2.24, 2.45) is 5.92 Å². The Hall–Kier alpha value is -1.13. The van der Waals surface area contributed by atoms with Crippen LogP contribution in [0.25, 0.3) is 0 Å². The fourth-order valence-corrected chi connectivity index (χ4v) is 3.56. The normalized spacial score (nSPS) is 23.3. The van der Waals surface area contributed by atoms with Gasteiger partial charge in [-0.3, -0.25) is 4.98 Å². The first-order valence-corrected chi connectivity index (χ1v) is 8.23. The monoisotopic (exact) mass is 288 g/mol. The van der Waals surface area contributed by atoms with Crippen LogP contribution < -0.4 is 5.32 Å². The molecule has 4 nitrogen and oxygen atoms in total. The number of aliphatic hydroxyl groups is 1. The lowest BCUT2D eigenvalue weighted by Crippen LogP contribution is -2.43. The summed E-state index contributed by atoms with van der Waals surface area (Å²) in [6.45, 7) is 3.50. The molecule has 2 N–H and O–H groups in total. The van der Waals surface area contributed by atoms with E-state index in [9.17, 15) is 5.11 Å². The Labute approximate surface area is 127 Å². The van der Waals surface area contributed by atoms with E-state index in [-0.39, 0.29) is 0 Å². The molecule has 0 unspecified atom stereocenters. The fraction of sp³-hybridized carbons (Fsp3) is 0.647. The molecule has 1 aliphatic carbocycles. The van der Waals surface area contributed by atoms with Gasteiger partial charge in [0.25, 0.3) is 0 Å². The average Bonchev–Trinajstić information content (AvgIpc) is 2.55. The summed E-state index contributed by atoms with van der Waals surface area (Å²) in [5.41, 5.74) is 1.17. The summed E-state index contributed by atoms with van der Waals surface area (Å²) in [5, 5.41) is 13.1. The van der Waals surface area contributed by atoms with Gasteiger partial charge in [-0.15, -0.1) is 0 Å². The van der Waals surface area contributed by atoms with Crippen LogP contribution in [0.4, 0.5) is 5.69 Å². The zero-order valence-electron chi connectivity index (χ0n) is 12.7. The number of hydrogen-bond acceptors (Lipinski definition) is 4. The molecule has 1 saturated heterocycles. The number of pyridine rings is 1. The van der Waals surface area contributed by atoms with Crippen molar-refractivity contribution in [3.05, 3.63) is 30.6 Å². The Bertz CT molecular complexity index is 409. The van der Waals surface area contributed by atoms with Gasteiger partial charge >= 0.3 is 0 Å². The van der Waals surface area contributed by atoms with Crippen LogP contribution in [0, 0.1) is 12.0 Å². The zero-order chi connectivity index (χ0) is 14.5. The molecule has 0 bridgehead atoms. The Kier molecular flexibility index (Phi) is 5.09. The molecule has 1 aliphatic heterocycles. The molecule has 115 valence electrons. The van der Waals surface area contributed by atoms with Crippen LogP contribution in [-0.2, 0) is 0 Å². The number of rotatable bonds is 4. The van der Waals surface area contributed by atoms with Gasteiger partial charge in [0.15, 0.2) is 0 Å². The van der Waals surface area contributed by atoms with Crippen molar-refractivity contribution in [1.29, 1.82) is 0 Å². The molecular weight excluding hydrogens is 262 g/mol. The molecule has 0 amide bonds. The third kappa shape index (κ3) is 4.17. The summed E-state index contributed by atoms with van der Waals surface area (Å²) < 4.78 is 0. The first-order chi connectivity index (χ1) is 10.3. The van der Waals surface area contributed by atoms with Crippen molar-refractivity contribution in [1.82, 2.24) is 9.88 Å². The van der Waals surface area contributed by atoms with E-state index in [0.29, 0.717) is 12.1 Å². The van der Waals surface area contributed by atoms with Gasteiger partial charge in [-0.25, -0.2) is 0 Å².